The standard InChI is InChI=1S/C23H29N5O/c1-23(2)16-28(12-13-29-23)20-15-26-21(9-4-17-10-11-25-14-17)27-22(20)18-5-7-19(24-3)8-6-18/h5-8,15,17,25H,4,9-14,16H2,1-2H3/t17-/m0/s1. The number of nitrogens with one attached hydrogen (secondary N) is 1. The van der Waals surface area contributed by atoms with Crippen LogP contribution in [0.2, 0.25) is 0 Å². The Morgan fingerprint density at radius 2 is 2.14 bits per heavy atom. The minimum absolute atomic E-state index is 0.197. The third-order valence-electron chi connectivity index (χ3n) is 5.79. The summed E-state index contributed by atoms with van der Waals surface area (Å²) in [5.74, 6) is 1.62. The van der Waals surface area contributed by atoms with E-state index in [1.165, 1.54) is 6.42 Å². The Hall–Kier alpha value is -2.49. The van der Waals surface area contributed by atoms with Gasteiger partial charge < -0.3 is 15.0 Å². The molecule has 1 aromatic heterocycles. The zero-order chi connectivity index (χ0) is 20.3. The minimum Gasteiger partial charge on any atom is -0.372 e. The lowest BCUT2D eigenvalue weighted by Gasteiger charge is -2.39. The van der Waals surface area contributed by atoms with Crippen LogP contribution in [-0.4, -0.2) is 48.4 Å². The maximum atomic E-state index is 7.21. The van der Waals surface area contributed by atoms with Crippen molar-refractivity contribution >= 4 is 11.4 Å². The van der Waals surface area contributed by atoms with Gasteiger partial charge in [0.25, 0.3) is 0 Å². The van der Waals surface area contributed by atoms with Gasteiger partial charge in [-0.15, -0.1) is 0 Å². The molecular weight excluding hydrogens is 362 g/mol. The Labute approximate surface area is 173 Å². The van der Waals surface area contributed by atoms with Crippen LogP contribution in [0.1, 0.15) is 32.5 Å². The smallest absolute Gasteiger partial charge is 0.187 e. The van der Waals surface area contributed by atoms with Gasteiger partial charge >= 0.3 is 0 Å². The highest BCUT2D eigenvalue weighted by atomic mass is 16.5. The van der Waals surface area contributed by atoms with E-state index in [0.29, 0.717) is 12.3 Å². The highest BCUT2D eigenvalue weighted by Crippen LogP contribution is 2.33. The van der Waals surface area contributed by atoms with Gasteiger partial charge in [-0.3, -0.25) is 0 Å². The Morgan fingerprint density at radius 3 is 2.83 bits per heavy atom. The fraction of sp³-hybridized carbons (Fsp3) is 0.522. The van der Waals surface area contributed by atoms with Crippen molar-refractivity contribution in [1.29, 1.82) is 0 Å². The normalized spacial score (nSPS) is 21.1. The number of benzene rings is 1. The summed E-state index contributed by atoms with van der Waals surface area (Å²) >= 11 is 0. The molecule has 1 atom stereocenters. The molecule has 0 bridgehead atoms. The highest BCUT2D eigenvalue weighted by Gasteiger charge is 2.29. The number of aryl methyl sites for hydroxylation is 1. The first-order valence-corrected chi connectivity index (χ1v) is 10.5. The second kappa shape index (κ2) is 8.48. The molecule has 2 aliphatic heterocycles. The number of rotatable bonds is 5. The molecule has 1 N–H and O–H groups in total. The molecule has 3 heterocycles. The predicted molar refractivity (Wildman–Crippen MR) is 115 cm³/mol. The summed E-state index contributed by atoms with van der Waals surface area (Å²) in [5.41, 5.74) is 3.48. The lowest BCUT2D eigenvalue weighted by molar-refractivity contribution is -0.0276. The summed E-state index contributed by atoms with van der Waals surface area (Å²) in [6.07, 6.45) is 5.24. The van der Waals surface area contributed by atoms with Gasteiger partial charge in [-0.05, 0) is 51.3 Å². The molecule has 29 heavy (non-hydrogen) atoms. The number of morpholine rings is 1. The summed E-state index contributed by atoms with van der Waals surface area (Å²) in [7, 11) is 0. The molecule has 4 rings (SSSR count). The van der Waals surface area contributed by atoms with Crippen LogP contribution in [0.5, 0.6) is 0 Å². The summed E-state index contributed by atoms with van der Waals surface area (Å²) in [5, 5.41) is 3.43. The zero-order valence-electron chi connectivity index (χ0n) is 17.3. The second-order valence-corrected chi connectivity index (χ2v) is 8.61. The number of hydrogen-bond acceptors (Lipinski definition) is 5. The largest absolute Gasteiger partial charge is 0.372 e. The Bertz CT molecular complexity index is 881. The van der Waals surface area contributed by atoms with Crippen molar-refractivity contribution in [2.24, 2.45) is 5.92 Å². The van der Waals surface area contributed by atoms with E-state index in [1.807, 2.05) is 30.5 Å². The maximum Gasteiger partial charge on any atom is 0.187 e. The lowest BCUT2D eigenvalue weighted by Crippen LogP contribution is -2.48. The van der Waals surface area contributed by atoms with E-state index in [-0.39, 0.29) is 5.60 Å². The molecule has 2 aliphatic rings. The molecule has 6 nitrogen and oxygen atoms in total. The minimum atomic E-state index is -0.197. The predicted octanol–water partition coefficient (Wildman–Crippen LogP) is 3.85. The quantitative estimate of drug-likeness (QED) is 0.785. The molecule has 0 radical (unpaired) electrons. The molecule has 152 valence electrons. The number of nitrogens with zero attached hydrogens (tertiary/aromatic N) is 4. The summed E-state index contributed by atoms with van der Waals surface area (Å²) in [6.45, 7) is 16.0. The van der Waals surface area contributed by atoms with Gasteiger partial charge in [0.15, 0.2) is 5.69 Å². The van der Waals surface area contributed by atoms with Crippen LogP contribution in [-0.2, 0) is 11.2 Å². The van der Waals surface area contributed by atoms with E-state index >= 15 is 0 Å². The Kier molecular flexibility index (Phi) is 5.79. The van der Waals surface area contributed by atoms with E-state index in [0.717, 1.165) is 67.7 Å². The number of anilines is 1. The van der Waals surface area contributed by atoms with Gasteiger partial charge in [0.05, 0.1) is 36.4 Å². The zero-order valence-corrected chi connectivity index (χ0v) is 17.3. The number of aromatic nitrogens is 2. The fourth-order valence-corrected chi connectivity index (χ4v) is 4.19. The SMILES string of the molecule is [C-]#[N+]c1ccc(-c2nc(CC[C@H]3CCNC3)ncc2N2CCOC(C)(C)C2)cc1. The molecule has 6 heteroatoms. The van der Waals surface area contributed by atoms with Crippen molar-refractivity contribution in [3.05, 3.63) is 47.7 Å². The van der Waals surface area contributed by atoms with E-state index < -0.39 is 0 Å². The second-order valence-electron chi connectivity index (χ2n) is 8.61. The van der Waals surface area contributed by atoms with Crippen LogP contribution in [0.25, 0.3) is 16.1 Å². The summed E-state index contributed by atoms with van der Waals surface area (Å²) in [6, 6.07) is 7.72. The van der Waals surface area contributed by atoms with Crippen molar-refractivity contribution in [2.45, 2.75) is 38.7 Å². The lowest BCUT2D eigenvalue weighted by atomic mass is 10.0. The van der Waals surface area contributed by atoms with Gasteiger partial charge in [-0.2, -0.15) is 0 Å². The molecular formula is C23H29N5O. The van der Waals surface area contributed by atoms with Gasteiger partial charge in [0.2, 0.25) is 0 Å². The van der Waals surface area contributed by atoms with Crippen LogP contribution in [0, 0.1) is 12.5 Å². The van der Waals surface area contributed by atoms with E-state index in [9.17, 15) is 0 Å². The van der Waals surface area contributed by atoms with Crippen molar-refractivity contribution in [3.63, 3.8) is 0 Å². The van der Waals surface area contributed by atoms with Crippen molar-refractivity contribution in [2.75, 3.05) is 37.7 Å². The third-order valence-corrected chi connectivity index (χ3v) is 5.79. The number of ether oxygens (including phenoxy) is 1. The molecule has 0 amide bonds. The van der Waals surface area contributed by atoms with E-state index in [2.05, 4.69) is 28.9 Å². The van der Waals surface area contributed by atoms with Crippen LogP contribution < -0.4 is 10.2 Å². The first kappa shape index (κ1) is 19.8. The van der Waals surface area contributed by atoms with Gasteiger partial charge in [-0.1, -0.05) is 24.3 Å². The Balaban J connectivity index is 1.64. The molecule has 0 spiro atoms. The topological polar surface area (TPSA) is 54.6 Å². The average molecular weight is 392 g/mol. The highest BCUT2D eigenvalue weighted by molar-refractivity contribution is 5.75. The van der Waals surface area contributed by atoms with Crippen LogP contribution in [0.15, 0.2) is 30.5 Å². The van der Waals surface area contributed by atoms with E-state index in [1.54, 1.807) is 0 Å². The number of hydrogen-bond donors (Lipinski definition) is 1. The van der Waals surface area contributed by atoms with Crippen molar-refractivity contribution in [1.82, 2.24) is 15.3 Å². The molecule has 2 fully saturated rings. The summed E-state index contributed by atoms with van der Waals surface area (Å²) < 4.78 is 5.89. The molecule has 0 saturated carbocycles. The van der Waals surface area contributed by atoms with Crippen molar-refractivity contribution < 1.29 is 4.74 Å². The summed E-state index contributed by atoms with van der Waals surface area (Å²) in [4.78, 5) is 15.5. The molecule has 2 aromatic rings. The monoisotopic (exact) mass is 391 g/mol. The first-order chi connectivity index (χ1) is 14.0. The van der Waals surface area contributed by atoms with Crippen LogP contribution in [0.4, 0.5) is 11.4 Å². The van der Waals surface area contributed by atoms with Gasteiger partial charge in [0, 0.05) is 19.5 Å². The maximum absolute atomic E-state index is 7.21. The van der Waals surface area contributed by atoms with Gasteiger partial charge in [0.1, 0.15) is 5.82 Å². The van der Waals surface area contributed by atoms with E-state index in [4.69, 9.17) is 21.3 Å². The molecule has 0 unspecified atom stereocenters. The molecule has 0 aliphatic carbocycles. The molecule has 1 aromatic carbocycles. The molecule has 2 saturated heterocycles. The van der Waals surface area contributed by atoms with Crippen molar-refractivity contribution in [3.8, 4) is 11.3 Å². The Morgan fingerprint density at radius 1 is 1.31 bits per heavy atom. The third kappa shape index (κ3) is 4.75. The average Bonchev–Trinajstić information content (AvgIpc) is 3.25. The van der Waals surface area contributed by atoms with Crippen LogP contribution >= 0.6 is 0 Å². The first-order valence-electron chi connectivity index (χ1n) is 10.5. The van der Waals surface area contributed by atoms with Crippen LogP contribution in [0.3, 0.4) is 0 Å². The van der Waals surface area contributed by atoms with Gasteiger partial charge in [-0.25, -0.2) is 14.8 Å². The fourth-order valence-electron chi connectivity index (χ4n) is 4.19.